The molecule has 2 rings (SSSR count). The molecule has 0 aliphatic carbocycles. The van der Waals surface area contributed by atoms with E-state index in [1.54, 1.807) is 11.5 Å². The van der Waals surface area contributed by atoms with Crippen LogP contribution >= 0.6 is 11.3 Å². The van der Waals surface area contributed by atoms with Crippen LogP contribution in [0.5, 0.6) is 0 Å². The molecule has 1 aliphatic rings. The van der Waals surface area contributed by atoms with Crippen molar-refractivity contribution in [3.63, 3.8) is 0 Å². The van der Waals surface area contributed by atoms with Crippen molar-refractivity contribution in [1.29, 1.82) is 0 Å². The van der Waals surface area contributed by atoms with E-state index in [2.05, 4.69) is 4.98 Å². The fraction of sp³-hybridized carbons (Fsp3) is 0.444. The van der Waals surface area contributed by atoms with Gasteiger partial charge in [-0.15, -0.1) is 11.3 Å². The number of aromatic nitrogens is 1. The van der Waals surface area contributed by atoms with Crippen molar-refractivity contribution in [3.05, 3.63) is 23.0 Å². The number of hydrogen-bond donors (Lipinski definition) is 1. The second-order valence-electron chi connectivity index (χ2n) is 3.14. The van der Waals surface area contributed by atoms with Crippen molar-refractivity contribution in [1.82, 2.24) is 4.98 Å². The first-order valence-electron chi connectivity index (χ1n) is 4.44. The van der Waals surface area contributed by atoms with E-state index >= 15 is 0 Å². The molecule has 0 radical (unpaired) electrons. The lowest BCUT2D eigenvalue weighted by atomic mass is 10.2. The largest absolute Gasteiger partial charge is 0.390 e. The Morgan fingerprint density at radius 3 is 3.14 bits per heavy atom. The van der Waals surface area contributed by atoms with Crippen molar-refractivity contribution < 1.29 is 9.50 Å². The molecule has 0 aromatic carbocycles. The number of hydrogen-bond acceptors (Lipinski definition) is 4. The number of rotatable bonds is 2. The molecule has 0 saturated heterocycles. The van der Waals surface area contributed by atoms with Gasteiger partial charge < -0.3 is 10.0 Å². The lowest BCUT2D eigenvalue weighted by Gasteiger charge is -2.23. The average Bonchev–Trinajstić information content (AvgIpc) is 2.66. The molecular weight excluding hydrogens is 203 g/mol. The van der Waals surface area contributed by atoms with Gasteiger partial charge in [0.25, 0.3) is 0 Å². The maximum absolute atomic E-state index is 13.0. The number of anilines is 1. The van der Waals surface area contributed by atoms with E-state index in [0.29, 0.717) is 12.2 Å². The monoisotopic (exact) mass is 214 g/mol. The molecule has 1 aromatic rings. The normalized spacial score (nSPS) is 17.0. The second kappa shape index (κ2) is 4.06. The zero-order valence-corrected chi connectivity index (χ0v) is 8.43. The van der Waals surface area contributed by atoms with Gasteiger partial charge in [-0.25, -0.2) is 9.37 Å². The number of aliphatic hydroxyl groups is 1. The van der Waals surface area contributed by atoms with E-state index in [-0.39, 0.29) is 12.4 Å². The molecule has 0 atom stereocenters. The second-order valence-corrected chi connectivity index (χ2v) is 3.98. The highest BCUT2D eigenvalue weighted by Crippen LogP contribution is 2.24. The van der Waals surface area contributed by atoms with Gasteiger partial charge in [0.2, 0.25) is 0 Å². The van der Waals surface area contributed by atoms with E-state index in [0.717, 1.165) is 18.1 Å². The Hall–Kier alpha value is -0.940. The number of halogens is 1. The van der Waals surface area contributed by atoms with Gasteiger partial charge in [-0.05, 0) is 12.5 Å². The fourth-order valence-electron chi connectivity index (χ4n) is 1.38. The maximum Gasteiger partial charge on any atom is 0.185 e. The van der Waals surface area contributed by atoms with Gasteiger partial charge in [0.05, 0.1) is 18.8 Å². The lowest BCUT2D eigenvalue weighted by molar-refractivity contribution is 0.277. The SMILES string of the molecule is OCc1csc(N2CCC=C(F)C2)n1. The summed E-state index contributed by atoms with van der Waals surface area (Å²) in [5.41, 5.74) is 0.653. The van der Waals surface area contributed by atoms with Crippen molar-refractivity contribution in [2.75, 3.05) is 18.0 Å². The predicted octanol–water partition coefficient (Wildman–Crippen LogP) is 1.70. The summed E-state index contributed by atoms with van der Waals surface area (Å²) in [6.45, 7) is 1.05. The predicted molar refractivity (Wildman–Crippen MR) is 54.1 cm³/mol. The van der Waals surface area contributed by atoms with Crippen molar-refractivity contribution >= 4 is 16.5 Å². The molecule has 76 valence electrons. The van der Waals surface area contributed by atoms with Crippen LogP contribution in [0.4, 0.5) is 9.52 Å². The van der Waals surface area contributed by atoms with Crippen LogP contribution in [0.2, 0.25) is 0 Å². The van der Waals surface area contributed by atoms with Gasteiger partial charge in [-0.2, -0.15) is 0 Å². The van der Waals surface area contributed by atoms with Crippen molar-refractivity contribution in [2.24, 2.45) is 0 Å². The Morgan fingerprint density at radius 2 is 2.50 bits per heavy atom. The molecule has 0 saturated carbocycles. The summed E-state index contributed by atoms with van der Waals surface area (Å²) in [4.78, 5) is 6.08. The highest BCUT2D eigenvalue weighted by molar-refractivity contribution is 7.13. The van der Waals surface area contributed by atoms with Gasteiger partial charge in [0.1, 0.15) is 5.83 Å². The maximum atomic E-state index is 13.0. The summed E-state index contributed by atoms with van der Waals surface area (Å²) in [6, 6.07) is 0. The van der Waals surface area contributed by atoms with Crippen LogP contribution in [-0.2, 0) is 6.61 Å². The van der Waals surface area contributed by atoms with Crippen LogP contribution in [0.25, 0.3) is 0 Å². The summed E-state index contributed by atoms with van der Waals surface area (Å²) in [6.07, 6.45) is 2.33. The zero-order valence-electron chi connectivity index (χ0n) is 7.61. The molecule has 5 heteroatoms. The van der Waals surface area contributed by atoms with Gasteiger partial charge in [0, 0.05) is 11.9 Å². The molecule has 14 heavy (non-hydrogen) atoms. The fourth-order valence-corrected chi connectivity index (χ4v) is 2.22. The molecule has 0 amide bonds. The molecule has 2 heterocycles. The molecule has 0 unspecified atom stereocenters. The van der Waals surface area contributed by atoms with Gasteiger partial charge in [-0.1, -0.05) is 0 Å². The van der Waals surface area contributed by atoms with Crippen LogP contribution < -0.4 is 4.90 Å². The zero-order chi connectivity index (χ0) is 9.97. The third-order valence-corrected chi connectivity index (χ3v) is 3.03. The molecule has 3 nitrogen and oxygen atoms in total. The Morgan fingerprint density at radius 1 is 1.64 bits per heavy atom. The van der Waals surface area contributed by atoms with E-state index in [1.807, 2.05) is 4.90 Å². The standard InChI is InChI=1S/C9H11FN2OS/c10-7-2-1-3-12(4-7)9-11-8(5-13)6-14-9/h2,6,13H,1,3-5H2. The summed E-state index contributed by atoms with van der Waals surface area (Å²) >= 11 is 1.44. The van der Waals surface area contributed by atoms with Gasteiger partial charge in [0.15, 0.2) is 5.13 Å². The topological polar surface area (TPSA) is 36.4 Å². The molecule has 1 aliphatic heterocycles. The molecule has 1 aromatic heterocycles. The molecule has 0 bridgehead atoms. The number of aliphatic hydroxyl groups excluding tert-OH is 1. The third-order valence-electron chi connectivity index (χ3n) is 2.08. The number of nitrogens with zero attached hydrogens (tertiary/aromatic N) is 2. The van der Waals surface area contributed by atoms with E-state index in [9.17, 15) is 4.39 Å². The lowest BCUT2D eigenvalue weighted by Crippen LogP contribution is -2.28. The van der Waals surface area contributed by atoms with Crippen LogP contribution in [0, 0.1) is 0 Å². The van der Waals surface area contributed by atoms with E-state index in [4.69, 9.17) is 5.11 Å². The van der Waals surface area contributed by atoms with Gasteiger partial charge in [-0.3, -0.25) is 0 Å². The van der Waals surface area contributed by atoms with E-state index < -0.39 is 0 Å². The first-order chi connectivity index (χ1) is 6.79. The first kappa shape index (κ1) is 9.61. The van der Waals surface area contributed by atoms with E-state index in [1.165, 1.54) is 11.3 Å². The van der Waals surface area contributed by atoms with Crippen LogP contribution in [0.3, 0.4) is 0 Å². The Kier molecular flexibility index (Phi) is 2.79. The third kappa shape index (κ3) is 1.93. The minimum absolute atomic E-state index is 0.0529. The highest BCUT2D eigenvalue weighted by Gasteiger charge is 2.15. The molecule has 1 N–H and O–H groups in total. The summed E-state index contributed by atoms with van der Waals surface area (Å²) in [5.74, 6) is -0.100. The van der Waals surface area contributed by atoms with Crippen LogP contribution in [0.15, 0.2) is 17.3 Å². The van der Waals surface area contributed by atoms with Gasteiger partial charge >= 0.3 is 0 Å². The van der Waals surface area contributed by atoms with Crippen LogP contribution in [0.1, 0.15) is 12.1 Å². The Balaban J connectivity index is 2.11. The molecular formula is C9H11FN2OS. The average molecular weight is 214 g/mol. The van der Waals surface area contributed by atoms with Crippen molar-refractivity contribution in [3.8, 4) is 0 Å². The minimum atomic E-state index is -0.100. The molecule has 0 fully saturated rings. The molecule has 0 spiro atoms. The number of thiazole rings is 1. The Labute approximate surface area is 85.5 Å². The quantitative estimate of drug-likeness (QED) is 0.814. The minimum Gasteiger partial charge on any atom is -0.390 e. The highest BCUT2D eigenvalue weighted by atomic mass is 32.1. The summed E-state index contributed by atoms with van der Waals surface area (Å²) in [7, 11) is 0. The Bertz CT molecular complexity index is 350. The van der Waals surface area contributed by atoms with Crippen molar-refractivity contribution in [2.45, 2.75) is 13.0 Å². The van der Waals surface area contributed by atoms with Crippen LogP contribution in [-0.4, -0.2) is 23.2 Å². The summed E-state index contributed by atoms with van der Waals surface area (Å²) < 4.78 is 13.0. The summed E-state index contributed by atoms with van der Waals surface area (Å²) in [5, 5.41) is 11.4. The first-order valence-corrected chi connectivity index (χ1v) is 5.32. The smallest absolute Gasteiger partial charge is 0.185 e.